The van der Waals surface area contributed by atoms with E-state index < -0.39 is 0 Å². The maximum atomic E-state index is 9.09. The van der Waals surface area contributed by atoms with Gasteiger partial charge in [0.15, 0.2) is 12.0 Å². The summed E-state index contributed by atoms with van der Waals surface area (Å²) in [4.78, 5) is 5.83. The van der Waals surface area contributed by atoms with E-state index >= 15 is 0 Å². The highest BCUT2D eigenvalue weighted by Crippen LogP contribution is 2.21. The van der Waals surface area contributed by atoms with Gasteiger partial charge in [0.2, 0.25) is 0 Å². The van der Waals surface area contributed by atoms with Gasteiger partial charge >= 0.3 is 0 Å². The molecule has 0 unspecified atom stereocenters. The molecule has 2 aromatic rings. The minimum absolute atomic E-state index is 0.0958. The van der Waals surface area contributed by atoms with Crippen LogP contribution in [0.4, 0.5) is 5.69 Å². The molecule has 0 saturated heterocycles. The van der Waals surface area contributed by atoms with Crippen molar-refractivity contribution in [3.05, 3.63) is 24.6 Å². The quantitative estimate of drug-likeness (QED) is 0.793. The van der Waals surface area contributed by atoms with Crippen molar-refractivity contribution in [2.75, 3.05) is 25.2 Å². The van der Waals surface area contributed by atoms with E-state index in [9.17, 15) is 0 Å². The summed E-state index contributed by atoms with van der Waals surface area (Å²) < 4.78 is 5.19. The minimum atomic E-state index is -0.305. The maximum absolute atomic E-state index is 9.09. The van der Waals surface area contributed by atoms with Crippen molar-refractivity contribution < 1.29 is 14.6 Å². The summed E-state index contributed by atoms with van der Waals surface area (Å²) in [5.74, 6) is 0. The Morgan fingerprint density at radius 3 is 2.81 bits per heavy atom. The van der Waals surface area contributed by atoms with E-state index in [4.69, 9.17) is 14.6 Å². The molecule has 2 N–H and O–H groups in total. The second-order valence-electron chi connectivity index (χ2n) is 3.63. The molecule has 0 bridgehead atoms. The molecule has 2 rings (SSSR count). The van der Waals surface area contributed by atoms with E-state index in [1.54, 1.807) is 0 Å². The number of nitrogens with zero attached hydrogens (tertiary/aromatic N) is 2. The Hall–Kier alpha value is -1.59. The number of likely N-dealkylation sites (N-methyl/N-ethyl adjacent to an activating group) is 1. The van der Waals surface area contributed by atoms with Crippen molar-refractivity contribution in [2.24, 2.45) is 0 Å². The van der Waals surface area contributed by atoms with E-state index in [1.807, 2.05) is 30.1 Å². The summed E-state index contributed by atoms with van der Waals surface area (Å²) in [6.07, 6.45) is 1.39. The second-order valence-corrected chi connectivity index (χ2v) is 3.63. The smallest absolute Gasteiger partial charge is 0.181 e. The molecule has 0 aliphatic carbocycles. The van der Waals surface area contributed by atoms with Gasteiger partial charge in [0.25, 0.3) is 0 Å². The lowest BCUT2D eigenvalue weighted by molar-refractivity contribution is 0.191. The molecule has 5 nitrogen and oxygen atoms in total. The molecule has 5 heteroatoms. The highest BCUT2D eigenvalue weighted by atomic mass is 16.3. The highest BCUT2D eigenvalue weighted by Gasteiger charge is 2.13. The molecule has 1 aromatic heterocycles. The van der Waals surface area contributed by atoms with Crippen LogP contribution >= 0.6 is 0 Å². The topological polar surface area (TPSA) is 69.7 Å². The molecule has 0 saturated carbocycles. The van der Waals surface area contributed by atoms with Crippen molar-refractivity contribution in [3.63, 3.8) is 0 Å². The van der Waals surface area contributed by atoms with Crippen LogP contribution in [0.3, 0.4) is 0 Å². The van der Waals surface area contributed by atoms with Crippen LogP contribution < -0.4 is 4.90 Å². The first-order chi connectivity index (χ1) is 7.76. The maximum Gasteiger partial charge on any atom is 0.181 e. The number of aliphatic hydroxyl groups excluding tert-OH is 2. The first kappa shape index (κ1) is 10.9. The van der Waals surface area contributed by atoms with E-state index in [-0.39, 0.29) is 19.3 Å². The zero-order chi connectivity index (χ0) is 11.5. The lowest BCUT2D eigenvalue weighted by Gasteiger charge is -2.26. The van der Waals surface area contributed by atoms with Gasteiger partial charge in [-0.3, -0.25) is 0 Å². The fraction of sp³-hybridized carbons (Fsp3) is 0.364. The molecule has 86 valence electrons. The number of aromatic nitrogens is 1. The SMILES string of the molecule is CN(c1ccc2ncoc2c1)C(CO)CO. The number of oxazole rings is 1. The van der Waals surface area contributed by atoms with Crippen LogP contribution in [-0.4, -0.2) is 41.5 Å². The van der Waals surface area contributed by atoms with E-state index in [0.29, 0.717) is 5.58 Å². The van der Waals surface area contributed by atoms with Gasteiger partial charge in [-0.05, 0) is 12.1 Å². The molecular weight excluding hydrogens is 208 g/mol. The molecule has 0 aliphatic rings. The van der Waals surface area contributed by atoms with Crippen molar-refractivity contribution in [3.8, 4) is 0 Å². The highest BCUT2D eigenvalue weighted by molar-refractivity contribution is 5.77. The Kier molecular flexibility index (Phi) is 3.07. The van der Waals surface area contributed by atoms with Gasteiger partial charge in [-0.1, -0.05) is 0 Å². The third-order valence-electron chi connectivity index (χ3n) is 2.69. The summed E-state index contributed by atoms with van der Waals surface area (Å²) in [7, 11) is 1.81. The predicted molar refractivity (Wildman–Crippen MR) is 60.4 cm³/mol. The van der Waals surface area contributed by atoms with Gasteiger partial charge in [0.05, 0.1) is 19.3 Å². The molecule has 16 heavy (non-hydrogen) atoms. The number of anilines is 1. The lowest BCUT2D eigenvalue weighted by atomic mass is 10.2. The molecule has 0 spiro atoms. The van der Waals surface area contributed by atoms with Crippen LogP contribution in [0.1, 0.15) is 0 Å². The van der Waals surface area contributed by atoms with Crippen molar-refractivity contribution in [2.45, 2.75) is 6.04 Å². The summed E-state index contributed by atoms with van der Waals surface area (Å²) in [5.41, 5.74) is 2.36. The summed E-state index contributed by atoms with van der Waals surface area (Å²) in [5, 5.41) is 18.2. The fourth-order valence-corrected chi connectivity index (χ4v) is 1.58. The number of benzene rings is 1. The summed E-state index contributed by atoms with van der Waals surface area (Å²) in [6, 6.07) is 5.25. The Morgan fingerprint density at radius 1 is 1.38 bits per heavy atom. The molecular formula is C11H14N2O3. The first-order valence-corrected chi connectivity index (χ1v) is 5.04. The monoisotopic (exact) mass is 222 g/mol. The average molecular weight is 222 g/mol. The Bertz CT molecular complexity index is 465. The Morgan fingerprint density at radius 2 is 2.12 bits per heavy atom. The number of aliphatic hydroxyl groups is 2. The van der Waals surface area contributed by atoms with Gasteiger partial charge in [-0.25, -0.2) is 4.98 Å². The van der Waals surface area contributed by atoms with Crippen molar-refractivity contribution >= 4 is 16.8 Å². The van der Waals surface area contributed by atoms with Gasteiger partial charge in [0.1, 0.15) is 5.52 Å². The van der Waals surface area contributed by atoms with Gasteiger partial charge in [-0.2, -0.15) is 0 Å². The molecule has 0 amide bonds. The van der Waals surface area contributed by atoms with Crippen LogP contribution in [0, 0.1) is 0 Å². The normalized spacial score (nSPS) is 11.2. The van der Waals surface area contributed by atoms with Crippen LogP contribution in [0.5, 0.6) is 0 Å². The van der Waals surface area contributed by atoms with Crippen LogP contribution in [0.15, 0.2) is 29.0 Å². The molecule has 0 radical (unpaired) electrons. The van der Waals surface area contributed by atoms with E-state index in [0.717, 1.165) is 11.2 Å². The van der Waals surface area contributed by atoms with Gasteiger partial charge < -0.3 is 19.5 Å². The number of fused-ring (bicyclic) bond motifs is 1. The number of rotatable bonds is 4. The van der Waals surface area contributed by atoms with Crippen molar-refractivity contribution in [1.29, 1.82) is 0 Å². The molecule has 1 aromatic carbocycles. The lowest BCUT2D eigenvalue weighted by Crippen LogP contribution is -2.37. The molecule has 0 aliphatic heterocycles. The van der Waals surface area contributed by atoms with E-state index in [1.165, 1.54) is 6.39 Å². The Balaban J connectivity index is 2.31. The fourth-order valence-electron chi connectivity index (χ4n) is 1.58. The van der Waals surface area contributed by atoms with Crippen LogP contribution in [0.25, 0.3) is 11.1 Å². The zero-order valence-electron chi connectivity index (χ0n) is 9.00. The van der Waals surface area contributed by atoms with Gasteiger partial charge in [0, 0.05) is 18.8 Å². The van der Waals surface area contributed by atoms with Gasteiger partial charge in [-0.15, -0.1) is 0 Å². The third-order valence-corrected chi connectivity index (χ3v) is 2.69. The number of hydrogen-bond donors (Lipinski definition) is 2. The van der Waals surface area contributed by atoms with Crippen LogP contribution in [0.2, 0.25) is 0 Å². The average Bonchev–Trinajstić information content (AvgIpc) is 2.77. The first-order valence-electron chi connectivity index (χ1n) is 5.04. The minimum Gasteiger partial charge on any atom is -0.443 e. The number of hydrogen-bond acceptors (Lipinski definition) is 5. The molecule has 0 fully saturated rings. The zero-order valence-corrected chi connectivity index (χ0v) is 9.00. The van der Waals surface area contributed by atoms with E-state index in [2.05, 4.69) is 4.98 Å². The Labute approximate surface area is 92.9 Å². The van der Waals surface area contributed by atoms with Crippen LogP contribution in [-0.2, 0) is 0 Å². The van der Waals surface area contributed by atoms with Crippen molar-refractivity contribution in [1.82, 2.24) is 4.98 Å². The molecule has 1 heterocycles. The molecule has 0 atom stereocenters. The summed E-state index contributed by atoms with van der Waals surface area (Å²) >= 11 is 0. The predicted octanol–water partition coefficient (Wildman–Crippen LogP) is 0.617. The second kappa shape index (κ2) is 4.51. The summed E-state index contributed by atoms with van der Waals surface area (Å²) in [6.45, 7) is -0.192. The largest absolute Gasteiger partial charge is 0.443 e. The standard InChI is InChI=1S/C11H14N2O3/c1-13(9(5-14)6-15)8-2-3-10-11(4-8)16-7-12-10/h2-4,7,9,14-15H,5-6H2,1H3. The third kappa shape index (κ3) is 1.87.